The highest BCUT2D eigenvalue weighted by molar-refractivity contribution is 5.63. The summed E-state index contributed by atoms with van der Waals surface area (Å²) in [6.07, 6.45) is 0. The Labute approximate surface area is 115 Å². The number of aryl methyl sites for hydroxylation is 2. The smallest absolute Gasteiger partial charge is 0.145 e. The predicted octanol–water partition coefficient (Wildman–Crippen LogP) is 1.74. The van der Waals surface area contributed by atoms with Crippen LogP contribution in [0, 0.1) is 13.8 Å². The van der Waals surface area contributed by atoms with Crippen LogP contribution in [0.4, 0.5) is 5.69 Å². The molecule has 0 radical (unpaired) electrons. The lowest BCUT2D eigenvalue weighted by Crippen LogP contribution is -2.47. The Morgan fingerprint density at radius 2 is 2.21 bits per heavy atom. The summed E-state index contributed by atoms with van der Waals surface area (Å²) in [4.78, 5) is 2.24. The molecule has 1 aromatic rings. The summed E-state index contributed by atoms with van der Waals surface area (Å²) >= 11 is 0. The SMILES string of the molecule is COc1c(C)cc(C)cc1N(C)CC1COCCN1. The first kappa shape index (κ1) is 14.2. The normalized spacial score (nSPS) is 19.3. The van der Waals surface area contributed by atoms with Gasteiger partial charge in [0.2, 0.25) is 0 Å². The third-order valence-corrected chi connectivity index (χ3v) is 3.51. The van der Waals surface area contributed by atoms with Crippen LogP contribution in [-0.2, 0) is 4.74 Å². The molecule has 1 aliphatic rings. The lowest BCUT2D eigenvalue weighted by molar-refractivity contribution is 0.0791. The molecule has 1 fully saturated rings. The number of nitrogens with zero attached hydrogens (tertiary/aromatic N) is 1. The fraction of sp³-hybridized carbons (Fsp3) is 0.600. The summed E-state index contributed by atoms with van der Waals surface area (Å²) in [7, 11) is 3.84. The Hall–Kier alpha value is -1.26. The van der Waals surface area contributed by atoms with E-state index in [4.69, 9.17) is 9.47 Å². The van der Waals surface area contributed by atoms with Crippen LogP contribution in [-0.4, -0.2) is 46.5 Å². The van der Waals surface area contributed by atoms with Crippen molar-refractivity contribution in [2.75, 3.05) is 45.4 Å². The monoisotopic (exact) mass is 264 g/mol. The number of hydrogen-bond acceptors (Lipinski definition) is 4. The molecule has 0 saturated carbocycles. The van der Waals surface area contributed by atoms with Gasteiger partial charge < -0.3 is 19.7 Å². The Morgan fingerprint density at radius 3 is 2.84 bits per heavy atom. The minimum atomic E-state index is 0.379. The van der Waals surface area contributed by atoms with E-state index in [0.717, 1.165) is 37.7 Å². The van der Waals surface area contributed by atoms with Crippen LogP contribution in [0.15, 0.2) is 12.1 Å². The van der Waals surface area contributed by atoms with E-state index in [9.17, 15) is 0 Å². The molecular formula is C15H24N2O2. The maximum atomic E-state index is 5.55. The molecule has 0 amide bonds. The number of anilines is 1. The molecule has 0 spiro atoms. The average molecular weight is 264 g/mol. The highest BCUT2D eigenvalue weighted by atomic mass is 16.5. The summed E-state index contributed by atoms with van der Waals surface area (Å²) in [6.45, 7) is 7.64. The Bertz CT molecular complexity index is 428. The molecule has 1 unspecified atom stereocenters. The van der Waals surface area contributed by atoms with Gasteiger partial charge in [0.05, 0.1) is 26.0 Å². The van der Waals surface area contributed by atoms with Crippen LogP contribution < -0.4 is 15.0 Å². The first-order valence-electron chi connectivity index (χ1n) is 6.79. The van der Waals surface area contributed by atoms with Gasteiger partial charge in [0.1, 0.15) is 5.75 Å². The topological polar surface area (TPSA) is 33.7 Å². The van der Waals surface area contributed by atoms with Crippen LogP contribution in [0.2, 0.25) is 0 Å². The Morgan fingerprint density at radius 1 is 1.42 bits per heavy atom. The summed E-state index contributed by atoms with van der Waals surface area (Å²) in [5.41, 5.74) is 3.58. The number of likely N-dealkylation sites (N-methyl/N-ethyl adjacent to an activating group) is 1. The van der Waals surface area contributed by atoms with Crippen molar-refractivity contribution in [2.24, 2.45) is 0 Å². The van der Waals surface area contributed by atoms with Crippen LogP contribution >= 0.6 is 0 Å². The van der Waals surface area contributed by atoms with E-state index in [1.165, 1.54) is 11.1 Å². The summed E-state index contributed by atoms with van der Waals surface area (Å²) in [5.74, 6) is 0.963. The zero-order valence-electron chi connectivity index (χ0n) is 12.3. The van der Waals surface area contributed by atoms with Gasteiger partial charge >= 0.3 is 0 Å². The summed E-state index contributed by atoms with van der Waals surface area (Å²) in [6, 6.07) is 4.71. The minimum Gasteiger partial charge on any atom is -0.494 e. The fourth-order valence-corrected chi connectivity index (χ4v) is 2.65. The molecule has 19 heavy (non-hydrogen) atoms. The highest BCUT2D eigenvalue weighted by Gasteiger charge is 2.18. The van der Waals surface area contributed by atoms with Gasteiger partial charge in [-0.15, -0.1) is 0 Å². The number of hydrogen-bond donors (Lipinski definition) is 1. The second-order valence-corrected chi connectivity index (χ2v) is 5.24. The number of morpholine rings is 1. The molecule has 1 saturated heterocycles. The van der Waals surface area contributed by atoms with Crippen molar-refractivity contribution >= 4 is 5.69 Å². The molecule has 4 heteroatoms. The minimum absolute atomic E-state index is 0.379. The second-order valence-electron chi connectivity index (χ2n) is 5.24. The molecule has 2 rings (SSSR count). The van der Waals surface area contributed by atoms with Gasteiger partial charge in [-0.2, -0.15) is 0 Å². The van der Waals surface area contributed by atoms with Gasteiger partial charge in [-0.1, -0.05) is 6.07 Å². The number of benzene rings is 1. The van der Waals surface area contributed by atoms with Crippen molar-refractivity contribution in [3.8, 4) is 5.75 Å². The van der Waals surface area contributed by atoms with Crippen LogP contribution in [0.25, 0.3) is 0 Å². The molecule has 1 aliphatic heterocycles. The molecule has 4 nitrogen and oxygen atoms in total. The van der Waals surface area contributed by atoms with E-state index in [-0.39, 0.29) is 0 Å². The average Bonchev–Trinajstić information content (AvgIpc) is 2.39. The van der Waals surface area contributed by atoms with Crippen molar-refractivity contribution < 1.29 is 9.47 Å². The highest BCUT2D eigenvalue weighted by Crippen LogP contribution is 2.32. The molecule has 0 aromatic heterocycles. The number of ether oxygens (including phenoxy) is 2. The standard InChI is InChI=1S/C15H24N2O2/c1-11-7-12(2)15(18-4)14(8-11)17(3)9-13-10-19-6-5-16-13/h7-8,13,16H,5-6,9-10H2,1-4H3. The first-order chi connectivity index (χ1) is 9.11. The molecule has 0 aliphatic carbocycles. The molecule has 106 valence electrons. The predicted molar refractivity (Wildman–Crippen MR) is 78.3 cm³/mol. The summed E-state index contributed by atoms with van der Waals surface area (Å²) < 4.78 is 11.1. The number of rotatable bonds is 4. The van der Waals surface area contributed by atoms with E-state index < -0.39 is 0 Å². The van der Waals surface area contributed by atoms with Gasteiger partial charge in [-0.05, 0) is 31.0 Å². The van der Waals surface area contributed by atoms with E-state index >= 15 is 0 Å². The Kier molecular flexibility index (Phi) is 4.66. The van der Waals surface area contributed by atoms with E-state index in [1.54, 1.807) is 7.11 Å². The number of methoxy groups -OCH3 is 1. The largest absolute Gasteiger partial charge is 0.494 e. The molecular weight excluding hydrogens is 240 g/mol. The van der Waals surface area contributed by atoms with Crippen LogP contribution in [0.3, 0.4) is 0 Å². The fourth-order valence-electron chi connectivity index (χ4n) is 2.65. The van der Waals surface area contributed by atoms with Crippen LogP contribution in [0.5, 0.6) is 5.75 Å². The maximum absolute atomic E-state index is 5.55. The molecule has 0 bridgehead atoms. The third-order valence-electron chi connectivity index (χ3n) is 3.51. The van der Waals surface area contributed by atoms with E-state index in [0.29, 0.717) is 6.04 Å². The van der Waals surface area contributed by atoms with Gasteiger partial charge in [-0.3, -0.25) is 0 Å². The molecule has 1 N–H and O–H groups in total. The van der Waals surface area contributed by atoms with E-state index in [2.05, 4.69) is 43.2 Å². The van der Waals surface area contributed by atoms with Gasteiger partial charge in [0, 0.05) is 26.2 Å². The van der Waals surface area contributed by atoms with Crippen molar-refractivity contribution in [2.45, 2.75) is 19.9 Å². The zero-order chi connectivity index (χ0) is 13.8. The van der Waals surface area contributed by atoms with Gasteiger partial charge in [-0.25, -0.2) is 0 Å². The lowest BCUT2D eigenvalue weighted by Gasteiger charge is -2.30. The maximum Gasteiger partial charge on any atom is 0.145 e. The van der Waals surface area contributed by atoms with Crippen molar-refractivity contribution in [1.82, 2.24) is 5.32 Å². The zero-order valence-corrected chi connectivity index (χ0v) is 12.3. The molecule has 1 atom stereocenters. The quantitative estimate of drug-likeness (QED) is 0.898. The van der Waals surface area contributed by atoms with E-state index in [1.807, 2.05) is 0 Å². The van der Waals surface area contributed by atoms with Gasteiger partial charge in [0.15, 0.2) is 0 Å². The van der Waals surface area contributed by atoms with Crippen molar-refractivity contribution in [3.05, 3.63) is 23.3 Å². The van der Waals surface area contributed by atoms with Crippen molar-refractivity contribution in [1.29, 1.82) is 0 Å². The Balaban J connectivity index is 2.15. The van der Waals surface area contributed by atoms with Crippen LogP contribution in [0.1, 0.15) is 11.1 Å². The molecule has 1 heterocycles. The summed E-state index contributed by atoms with van der Waals surface area (Å²) in [5, 5.41) is 3.48. The van der Waals surface area contributed by atoms with Crippen molar-refractivity contribution in [3.63, 3.8) is 0 Å². The first-order valence-corrected chi connectivity index (χ1v) is 6.79. The molecule has 1 aromatic carbocycles. The second kappa shape index (κ2) is 6.26. The third kappa shape index (κ3) is 3.39. The number of nitrogens with one attached hydrogen (secondary N) is 1. The van der Waals surface area contributed by atoms with Gasteiger partial charge in [0.25, 0.3) is 0 Å². The lowest BCUT2D eigenvalue weighted by atomic mass is 10.1.